The summed E-state index contributed by atoms with van der Waals surface area (Å²) in [5, 5.41) is 5.16. The molecular weight excluding hydrogens is 284 g/mol. The van der Waals surface area contributed by atoms with E-state index in [0.29, 0.717) is 5.95 Å². The Morgan fingerprint density at radius 2 is 1.95 bits per heavy atom. The highest BCUT2D eigenvalue weighted by Crippen LogP contribution is 2.15. The van der Waals surface area contributed by atoms with Crippen LogP contribution in [0.1, 0.15) is 18.9 Å². The van der Waals surface area contributed by atoms with E-state index in [4.69, 9.17) is 11.6 Å². The van der Waals surface area contributed by atoms with Crippen LogP contribution in [0, 0.1) is 0 Å². The molecule has 0 saturated carbocycles. The van der Waals surface area contributed by atoms with Gasteiger partial charge in [-0.1, -0.05) is 42.8 Å². The van der Waals surface area contributed by atoms with Gasteiger partial charge in [-0.05, 0) is 36.2 Å². The van der Waals surface area contributed by atoms with Gasteiger partial charge in [-0.15, -0.1) is 0 Å². The maximum Gasteiger partial charge on any atom is 0.222 e. The predicted molar refractivity (Wildman–Crippen MR) is 88.0 cm³/mol. The molecule has 4 nitrogen and oxygen atoms in total. The Bertz CT molecular complexity index is 741. The summed E-state index contributed by atoms with van der Waals surface area (Å²) in [7, 11) is 0. The number of imidazole rings is 1. The Labute approximate surface area is 127 Å². The Kier molecular flexibility index (Phi) is 3.88. The van der Waals surface area contributed by atoms with Gasteiger partial charge in [0.15, 0.2) is 0 Å². The molecule has 0 amide bonds. The number of hydrogen-bond acceptors (Lipinski definition) is 3. The normalized spacial score (nSPS) is 11.8. The molecule has 0 atom stereocenters. The molecule has 1 heterocycles. The van der Waals surface area contributed by atoms with E-state index in [2.05, 4.69) is 27.4 Å². The topological polar surface area (TPSA) is 53.1 Å². The highest BCUT2D eigenvalue weighted by molar-refractivity contribution is 6.30. The minimum absolute atomic E-state index is 0.635. The minimum atomic E-state index is 0.635. The standard InChI is InChI=1S/C16H15ClN4/c1-2-13(11-7-9-12(17)10-8-11)20-21-16-18-14-5-3-4-6-15(14)19-16/h3-10H,2H2,1H3,(H2,18,19,21). The lowest BCUT2D eigenvalue weighted by Gasteiger charge is -2.04. The van der Waals surface area contributed by atoms with Crippen LogP contribution in [0.3, 0.4) is 0 Å². The molecule has 5 heteroatoms. The quantitative estimate of drug-likeness (QED) is 0.552. The first-order chi connectivity index (χ1) is 10.3. The molecule has 2 N–H and O–H groups in total. The zero-order chi connectivity index (χ0) is 14.7. The van der Waals surface area contributed by atoms with Crippen LogP contribution in [0.5, 0.6) is 0 Å². The summed E-state index contributed by atoms with van der Waals surface area (Å²) in [5.41, 5.74) is 6.89. The van der Waals surface area contributed by atoms with Crippen molar-refractivity contribution >= 4 is 34.3 Å². The smallest absolute Gasteiger partial charge is 0.222 e. The Morgan fingerprint density at radius 3 is 2.67 bits per heavy atom. The molecule has 3 aromatic rings. The van der Waals surface area contributed by atoms with E-state index < -0.39 is 0 Å². The molecule has 106 valence electrons. The fourth-order valence-electron chi connectivity index (χ4n) is 2.12. The number of aromatic amines is 1. The second-order valence-corrected chi connectivity index (χ2v) is 5.07. The number of benzene rings is 2. The number of nitrogens with zero attached hydrogens (tertiary/aromatic N) is 2. The third kappa shape index (κ3) is 3.06. The highest BCUT2D eigenvalue weighted by Gasteiger charge is 2.03. The number of anilines is 1. The summed E-state index contributed by atoms with van der Waals surface area (Å²) in [6.07, 6.45) is 0.814. The number of nitrogens with one attached hydrogen (secondary N) is 2. The van der Waals surface area contributed by atoms with Crippen LogP contribution < -0.4 is 5.43 Å². The average molecular weight is 299 g/mol. The minimum Gasteiger partial charge on any atom is -0.323 e. The van der Waals surface area contributed by atoms with Gasteiger partial charge in [-0.25, -0.2) is 10.4 Å². The number of H-pyrrole nitrogens is 1. The fraction of sp³-hybridized carbons (Fsp3) is 0.125. The van der Waals surface area contributed by atoms with Crippen molar-refractivity contribution in [2.24, 2.45) is 5.10 Å². The maximum absolute atomic E-state index is 5.91. The molecule has 0 aliphatic carbocycles. The molecule has 0 aliphatic heterocycles. The maximum atomic E-state index is 5.91. The Hall–Kier alpha value is -2.33. The van der Waals surface area contributed by atoms with Gasteiger partial charge in [0, 0.05) is 5.02 Å². The third-order valence-electron chi connectivity index (χ3n) is 3.20. The first-order valence-corrected chi connectivity index (χ1v) is 7.17. The van der Waals surface area contributed by atoms with Crippen LogP contribution in [0.2, 0.25) is 5.02 Å². The van der Waals surface area contributed by atoms with Crippen molar-refractivity contribution in [1.82, 2.24) is 9.97 Å². The van der Waals surface area contributed by atoms with E-state index in [1.54, 1.807) is 0 Å². The molecule has 0 bridgehead atoms. The van der Waals surface area contributed by atoms with E-state index in [9.17, 15) is 0 Å². The number of fused-ring (bicyclic) bond motifs is 1. The lowest BCUT2D eigenvalue weighted by molar-refractivity contribution is 1.17. The number of hydrogen-bond donors (Lipinski definition) is 2. The van der Waals surface area contributed by atoms with Gasteiger partial charge in [0.25, 0.3) is 0 Å². The molecular formula is C16H15ClN4. The molecule has 0 fully saturated rings. The third-order valence-corrected chi connectivity index (χ3v) is 3.45. The van der Waals surface area contributed by atoms with Crippen molar-refractivity contribution in [3.8, 4) is 0 Å². The number of rotatable bonds is 4. The zero-order valence-electron chi connectivity index (χ0n) is 11.6. The van der Waals surface area contributed by atoms with Crippen molar-refractivity contribution in [2.45, 2.75) is 13.3 Å². The van der Waals surface area contributed by atoms with Gasteiger partial charge in [0.05, 0.1) is 16.7 Å². The molecule has 0 unspecified atom stereocenters. The van der Waals surface area contributed by atoms with Gasteiger partial charge < -0.3 is 4.98 Å². The lowest BCUT2D eigenvalue weighted by Crippen LogP contribution is -2.03. The van der Waals surface area contributed by atoms with Crippen LogP contribution in [0.25, 0.3) is 11.0 Å². The highest BCUT2D eigenvalue weighted by atomic mass is 35.5. The fourth-order valence-corrected chi connectivity index (χ4v) is 2.24. The first-order valence-electron chi connectivity index (χ1n) is 6.79. The largest absolute Gasteiger partial charge is 0.323 e. The Morgan fingerprint density at radius 1 is 1.19 bits per heavy atom. The number of halogens is 1. The second kappa shape index (κ2) is 5.97. The predicted octanol–water partition coefficient (Wildman–Crippen LogP) is 4.44. The molecule has 1 aromatic heterocycles. The van der Waals surface area contributed by atoms with E-state index in [0.717, 1.165) is 33.8 Å². The van der Waals surface area contributed by atoms with Gasteiger partial charge in [-0.3, -0.25) is 0 Å². The summed E-state index contributed by atoms with van der Waals surface area (Å²) in [6, 6.07) is 15.5. The van der Waals surface area contributed by atoms with Crippen molar-refractivity contribution in [3.63, 3.8) is 0 Å². The van der Waals surface area contributed by atoms with E-state index in [-0.39, 0.29) is 0 Å². The van der Waals surface area contributed by atoms with E-state index in [1.165, 1.54) is 0 Å². The number of aromatic nitrogens is 2. The second-order valence-electron chi connectivity index (χ2n) is 4.63. The molecule has 0 saturated heterocycles. The number of hydrazone groups is 1. The number of para-hydroxylation sites is 2. The van der Waals surface area contributed by atoms with Crippen molar-refractivity contribution < 1.29 is 0 Å². The van der Waals surface area contributed by atoms with Gasteiger partial charge in [-0.2, -0.15) is 5.10 Å². The molecule has 21 heavy (non-hydrogen) atoms. The van der Waals surface area contributed by atoms with Crippen molar-refractivity contribution in [3.05, 3.63) is 59.1 Å². The van der Waals surface area contributed by atoms with E-state index in [1.807, 2.05) is 48.5 Å². The van der Waals surface area contributed by atoms with Crippen LogP contribution >= 0.6 is 11.6 Å². The molecule has 3 rings (SSSR count). The summed E-state index contributed by atoms with van der Waals surface area (Å²) >= 11 is 5.91. The zero-order valence-corrected chi connectivity index (χ0v) is 12.4. The Balaban J connectivity index is 1.83. The van der Waals surface area contributed by atoms with Gasteiger partial charge >= 0.3 is 0 Å². The molecule has 0 aliphatic rings. The van der Waals surface area contributed by atoms with E-state index >= 15 is 0 Å². The SMILES string of the molecule is CCC(=NNc1nc2ccccc2[nH]1)c1ccc(Cl)cc1. The average Bonchev–Trinajstić information content (AvgIpc) is 2.92. The van der Waals surface area contributed by atoms with Crippen LogP contribution in [0.15, 0.2) is 53.6 Å². The molecule has 0 spiro atoms. The molecule has 2 aromatic carbocycles. The van der Waals surface area contributed by atoms with Crippen LogP contribution in [-0.2, 0) is 0 Å². The van der Waals surface area contributed by atoms with Gasteiger partial charge in [0.1, 0.15) is 0 Å². The monoisotopic (exact) mass is 298 g/mol. The van der Waals surface area contributed by atoms with Crippen LogP contribution in [0.4, 0.5) is 5.95 Å². The first kappa shape index (κ1) is 13.6. The molecule has 0 radical (unpaired) electrons. The lowest BCUT2D eigenvalue weighted by atomic mass is 10.1. The van der Waals surface area contributed by atoms with Crippen LogP contribution in [-0.4, -0.2) is 15.7 Å². The summed E-state index contributed by atoms with van der Waals surface area (Å²) in [6.45, 7) is 2.06. The van der Waals surface area contributed by atoms with Gasteiger partial charge in [0.2, 0.25) is 5.95 Å². The summed E-state index contributed by atoms with van der Waals surface area (Å²) in [4.78, 5) is 7.62. The van der Waals surface area contributed by atoms with Crippen molar-refractivity contribution in [1.29, 1.82) is 0 Å². The van der Waals surface area contributed by atoms with Crippen molar-refractivity contribution in [2.75, 3.05) is 5.43 Å². The summed E-state index contributed by atoms with van der Waals surface area (Å²) in [5.74, 6) is 0.635. The summed E-state index contributed by atoms with van der Waals surface area (Å²) < 4.78 is 0.